The number of hydrogen-bond donors (Lipinski definition) is 8. The fourth-order valence-corrected chi connectivity index (χ4v) is 3.38. The van der Waals surface area contributed by atoms with E-state index >= 15 is 0 Å². The predicted molar refractivity (Wildman–Crippen MR) is 128 cm³/mol. The first-order chi connectivity index (χ1) is 16.4. The number of amides is 4. The second kappa shape index (κ2) is 17.5. The summed E-state index contributed by atoms with van der Waals surface area (Å²) in [7, 11) is 0. The predicted octanol–water partition coefficient (Wildman–Crippen LogP) is -2.52. The Kier molecular flexibility index (Phi) is 16.1. The van der Waals surface area contributed by atoms with Crippen LogP contribution in [0.4, 0.5) is 0 Å². The number of carbonyl (C=O) groups excluding carboxylic acids is 4. The van der Waals surface area contributed by atoms with Crippen LogP contribution in [0.5, 0.6) is 0 Å². The van der Waals surface area contributed by atoms with E-state index in [1.54, 1.807) is 0 Å². The Morgan fingerprint density at radius 1 is 0.829 bits per heavy atom. The van der Waals surface area contributed by atoms with Gasteiger partial charge in [-0.25, -0.2) is 4.79 Å². The third-order valence-corrected chi connectivity index (χ3v) is 5.50. The molecule has 0 saturated heterocycles. The number of thioether (sulfide) groups is 1. The van der Waals surface area contributed by atoms with Gasteiger partial charge in [-0.1, -0.05) is 0 Å². The maximum atomic E-state index is 12.8. The molecule has 14 nitrogen and oxygen atoms in total. The Morgan fingerprint density at radius 3 is 1.91 bits per heavy atom. The standard InChI is InChI=1S/C20H36N6O8S/c1-35-9-7-11(22)17(30)26-14(10-16(28)29)19(32)24-12(5-6-15(23)27)18(31)25-13(20(33)34)4-2-3-8-21/h11-14H,2-10,21-22H2,1H3,(H2,23,27)(H,24,32)(H,25,31)(H,26,30)(H,28,29)(H,33,34). The van der Waals surface area contributed by atoms with Crippen LogP contribution in [0.1, 0.15) is 44.9 Å². The Bertz CT molecular complexity index is 753. The highest BCUT2D eigenvalue weighted by molar-refractivity contribution is 7.98. The van der Waals surface area contributed by atoms with Gasteiger partial charge in [0.05, 0.1) is 12.5 Å². The Morgan fingerprint density at radius 2 is 1.40 bits per heavy atom. The normalized spacial score (nSPS) is 14.1. The molecule has 4 unspecified atom stereocenters. The van der Waals surface area contributed by atoms with Crippen molar-refractivity contribution in [1.29, 1.82) is 0 Å². The van der Waals surface area contributed by atoms with Crippen LogP contribution >= 0.6 is 11.8 Å². The third kappa shape index (κ3) is 14.2. The van der Waals surface area contributed by atoms with E-state index in [4.69, 9.17) is 22.3 Å². The van der Waals surface area contributed by atoms with E-state index in [0.29, 0.717) is 31.6 Å². The highest BCUT2D eigenvalue weighted by atomic mass is 32.2. The van der Waals surface area contributed by atoms with Gasteiger partial charge >= 0.3 is 11.9 Å². The summed E-state index contributed by atoms with van der Waals surface area (Å²) >= 11 is 1.45. The van der Waals surface area contributed by atoms with Gasteiger partial charge < -0.3 is 43.4 Å². The van der Waals surface area contributed by atoms with Crippen LogP contribution < -0.4 is 33.2 Å². The van der Waals surface area contributed by atoms with Crippen LogP contribution in [0, 0.1) is 0 Å². The van der Waals surface area contributed by atoms with Gasteiger partial charge in [0, 0.05) is 6.42 Å². The molecule has 11 N–H and O–H groups in total. The second-order valence-corrected chi connectivity index (χ2v) is 8.78. The molecule has 0 saturated carbocycles. The zero-order valence-electron chi connectivity index (χ0n) is 19.7. The van der Waals surface area contributed by atoms with Crippen molar-refractivity contribution in [3.8, 4) is 0 Å². The monoisotopic (exact) mass is 520 g/mol. The van der Waals surface area contributed by atoms with Crippen molar-refractivity contribution < 1.29 is 39.0 Å². The summed E-state index contributed by atoms with van der Waals surface area (Å²) in [6.07, 6.45) is 1.76. The summed E-state index contributed by atoms with van der Waals surface area (Å²) < 4.78 is 0. The summed E-state index contributed by atoms with van der Waals surface area (Å²) in [5, 5.41) is 25.4. The smallest absolute Gasteiger partial charge is 0.326 e. The van der Waals surface area contributed by atoms with Gasteiger partial charge in [-0.2, -0.15) is 11.8 Å². The molecule has 200 valence electrons. The maximum absolute atomic E-state index is 12.8. The number of hydrogen-bond acceptors (Lipinski definition) is 9. The molecule has 0 radical (unpaired) electrons. The van der Waals surface area contributed by atoms with E-state index in [1.165, 1.54) is 11.8 Å². The fraction of sp³-hybridized carbons (Fsp3) is 0.700. The molecule has 0 aromatic heterocycles. The molecule has 4 atom stereocenters. The largest absolute Gasteiger partial charge is 0.481 e. The van der Waals surface area contributed by atoms with Gasteiger partial charge in [-0.15, -0.1) is 0 Å². The van der Waals surface area contributed by atoms with Gasteiger partial charge in [0.1, 0.15) is 18.1 Å². The number of rotatable bonds is 19. The molecule has 0 aliphatic carbocycles. The van der Waals surface area contributed by atoms with Gasteiger partial charge in [-0.05, 0) is 50.7 Å². The lowest BCUT2D eigenvalue weighted by Gasteiger charge is -2.24. The van der Waals surface area contributed by atoms with Gasteiger partial charge in [0.2, 0.25) is 23.6 Å². The first-order valence-electron chi connectivity index (χ1n) is 11.0. The SMILES string of the molecule is CSCCC(N)C(=O)NC(CC(=O)O)C(=O)NC(CCC(N)=O)C(=O)NC(CCCCN)C(=O)O. The lowest BCUT2D eigenvalue weighted by atomic mass is 10.1. The molecule has 15 heteroatoms. The minimum absolute atomic E-state index is 0.0837. The lowest BCUT2D eigenvalue weighted by Crippen LogP contribution is -2.57. The Balaban J connectivity index is 5.51. The summed E-state index contributed by atoms with van der Waals surface area (Å²) in [6, 6.07) is -5.23. The Hall–Kier alpha value is -2.91. The highest BCUT2D eigenvalue weighted by Gasteiger charge is 2.31. The summed E-state index contributed by atoms with van der Waals surface area (Å²) in [5.74, 6) is -5.57. The van der Waals surface area contributed by atoms with E-state index in [0.717, 1.165) is 0 Å². The van der Waals surface area contributed by atoms with Gasteiger partial charge in [-0.3, -0.25) is 24.0 Å². The van der Waals surface area contributed by atoms with E-state index in [1.807, 2.05) is 6.26 Å². The molecular formula is C20H36N6O8S. The van der Waals surface area contributed by atoms with Crippen molar-refractivity contribution in [2.24, 2.45) is 17.2 Å². The first-order valence-corrected chi connectivity index (χ1v) is 12.4. The number of carboxylic acid groups (broad SMARTS) is 2. The number of carboxylic acids is 2. The van der Waals surface area contributed by atoms with Crippen molar-refractivity contribution in [3.05, 3.63) is 0 Å². The van der Waals surface area contributed by atoms with E-state index < -0.39 is 66.2 Å². The number of nitrogens with one attached hydrogen (secondary N) is 3. The summed E-state index contributed by atoms with van der Waals surface area (Å²) in [5.41, 5.74) is 16.3. The van der Waals surface area contributed by atoms with Crippen LogP contribution in [0.3, 0.4) is 0 Å². The van der Waals surface area contributed by atoms with E-state index in [9.17, 15) is 33.9 Å². The van der Waals surface area contributed by atoms with E-state index in [2.05, 4.69) is 16.0 Å². The molecule has 0 aliphatic heterocycles. The minimum atomic E-state index is -1.57. The van der Waals surface area contributed by atoms with Crippen LogP contribution in [0.2, 0.25) is 0 Å². The number of unbranched alkanes of at least 4 members (excludes halogenated alkanes) is 1. The number of primary amides is 1. The van der Waals surface area contributed by atoms with Crippen molar-refractivity contribution in [2.75, 3.05) is 18.6 Å². The minimum Gasteiger partial charge on any atom is -0.481 e. The van der Waals surface area contributed by atoms with Crippen molar-refractivity contribution in [2.45, 2.75) is 69.1 Å². The molecule has 35 heavy (non-hydrogen) atoms. The molecule has 0 bridgehead atoms. The molecule has 0 aromatic rings. The second-order valence-electron chi connectivity index (χ2n) is 7.80. The fourth-order valence-electron chi connectivity index (χ4n) is 2.89. The number of carbonyl (C=O) groups is 6. The third-order valence-electron chi connectivity index (χ3n) is 4.86. The average molecular weight is 521 g/mol. The molecule has 0 rings (SSSR count). The molecule has 0 spiro atoms. The topological polar surface area (TPSA) is 257 Å². The molecule has 0 aliphatic rings. The summed E-state index contributed by atoms with van der Waals surface area (Å²) in [6.45, 7) is 0.342. The zero-order chi connectivity index (χ0) is 27.0. The van der Waals surface area contributed by atoms with E-state index in [-0.39, 0.29) is 19.3 Å². The number of nitrogens with two attached hydrogens (primary N) is 3. The molecule has 4 amide bonds. The maximum Gasteiger partial charge on any atom is 0.326 e. The van der Waals surface area contributed by atoms with Crippen LogP contribution in [0.25, 0.3) is 0 Å². The average Bonchev–Trinajstić information content (AvgIpc) is 2.78. The molecule has 0 fully saturated rings. The van der Waals surface area contributed by atoms with Gasteiger partial charge in [0.25, 0.3) is 0 Å². The molecule has 0 aromatic carbocycles. The van der Waals surface area contributed by atoms with Gasteiger partial charge in [0.15, 0.2) is 0 Å². The Labute approximate surface area is 207 Å². The molecule has 0 heterocycles. The van der Waals surface area contributed by atoms with Crippen molar-refractivity contribution in [3.63, 3.8) is 0 Å². The summed E-state index contributed by atoms with van der Waals surface area (Å²) in [4.78, 5) is 71.8. The van der Waals surface area contributed by atoms with Crippen molar-refractivity contribution in [1.82, 2.24) is 16.0 Å². The first kappa shape index (κ1) is 32.1. The lowest BCUT2D eigenvalue weighted by molar-refractivity contribution is -0.143. The van der Waals surface area contributed by atoms with Crippen LogP contribution in [-0.2, 0) is 28.8 Å². The van der Waals surface area contributed by atoms with Crippen LogP contribution in [0.15, 0.2) is 0 Å². The highest BCUT2D eigenvalue weighted by Crippen LogP contribution is 2.06. The number of aliphatic carboxylic acids is 2. The van der Waals surface area contributed by atoms with Crippen LogP contribution in [-0.4, -0.2) is 88.5 Å². The quantitative estimate of drug-likeness (QED) is 0.0824. The molecular weight excluding hydrogens is 484 g/mol. The van der Waals surface area contributed by atoms with Crippen molar-refractivity contribution >= 4 is 47.3 Å². The zero-order valence-corrected chi connectivity index (χ0v) is 20.5.